The number of aryl methyl sites for hydroxylation is 1. The summed E-state index contributed by atoms with van der Waals surface area (Å²) in [4.78, 5) is 12.8. The van der Waals surface area contributed by atoms with Crippen molar-refractivity contribution in [3.8, 4) is 0 Å². The van der Waals surface area contributed by atoms with Gasteiger partial charge < -0.3 is 10.1 Å². The number of hydrogen-bond acceptors (Lipinski definition) is 6. The van der Waals surface area contributed by atoms with Crippen LogP contribution in [-0.4, -0.2) is 42.9 Å². The van der Waals surface area contributed by atoms with E-state index in [0.717, 1.165) is 37.4 Å². The molecule has 0 spiro atoms. The lowest BCUT2D eigenvalue weighted by Crippen LogP contribution is -2.47. The summed E-state index contributed by atoms with van der Waals surface area (Å²) in [5, 5.41) is 16.0. The highest BCUT2D eigenvalue weighted by atomic mass is 32.1. The summed E-state index contributed by atoms with van der Waals surface area (Å²) >= 11 is 1.43. The molecule has 6 nitrogen and oxygen atoms in total. The standard InChI is InChI=1S/C18H24N4O2S/c1-13-3-5-14(6-4-13)11-15-21-22-17(25-15)20-16(23)18(12-24-2)7-9-19-10-8-18/h3-6,19H,7-12H2,1-2H3,(H,20,22,23). The van der Waals surface area contributed by atoms with Crippen molar-refractivity contribution in [2.75, 3.05) is 32.1 Å². The van der Waals surface area contributed by atoms with E-state index in [1.807, 2.05) is 0 Å². The lowest BCUT2D eigenvalue weighted by atomic mass is 9.79. The summed E-state index contributed by atoms with van der Waals surface area (Å²) in [5.41, 5.74) is 1.94. The fourth-order valence-electron chi connectivity index (χ4n) is 3.10. The predicted molar refractivity (Wildman–Crippen MR) is 98.9 cm³/mol. The van der Waals surface area contributed by atoms with E-state index in [-0.39, 0.29) is 5.91 Å². The predicted octanol–water partition coefficient (Wildman–Crippen LogP) is 2.39. The van der Waals surface area contributed by atoms with Gasteiger partial charge >= 0.3 is 0 Å². The Morgan fingerprint density at radius 2 is 2.00 bits per heavy atom. The number of aromatic nitrogens is 2. The van der Waals surface area contributed by atoms with Crippen LogP contribution in [-0.2, 0) is 16.0 Å². The molecule has 1 aliphatic heterocycles. The summed E-state index contributed by atoms with van der Waals surface area (Å²) in [6.45, 7) is 4.14. The van der Waals surface area contributed by atoms with Crippen molar-refractivity contribution < 1.29 is 9.53 Å². The maximum atomic E-state index is 12.8. The zero-order valence-corrected chi connectivity index (χ0v) is 15.5. The molecule has 1 amide bonds. The molecule has 2 heterocycles. The van der Waals surface area contributed by atoms with Crippen molar-refractivity contribution in [1.82, 2.24) is 15.5 Å². The van der Waals surface area contributed by atoms with Crippen molar-refractivity contribution in [3.05, 3.63) is 40.4 Å². The van der Waals surface area contributed by atoms with E-state index >= 15 is 0 Å². The van der Waals surface area contributed by atoms with Gasteiger partial charge in [0.25, 0.3) is 0 Å². The number of anilines is 1. The highest BCUT2D eigenvalue weighted by Crippen LogP contribution is 2.31. The third-order valence-electron chi connectivity index (χ3n) is 4.63. The Labute approximate surface area is 152 Å². The van der Waals surface area contributed by atoms with Gasteiger partial charge in [0.2, 0.25) is 11.0 Å². The van der Waals surface area contributed by atoms with E-state index < -0.39 is 5.41 Å². The van der Waals surface area contributed by atoms with E-state index in [4.69, 9.17) is 4.74 Å². The number of nitrogens with one attached hydrogen (secondary N) is 2. The normalized spacial score (nSPS) is 16.6. The second-order valence-corrected chi connectivity index (χ2v) is 7.64. The number of nitrogens with zero attached hydrogens (tertiary/aromatic N) is 2. The third kappa shape index (κ3) is 4.42. The van der Waals surface area contributed by atoms with E-state index in [2.05, 4.69) is 52.0 Å². The summed E-state index contributed by atoms with van der Waals surface area (Å²) < 4.78 is 5.32. The molecule has 0 radical (unpaired) electrons. The SMILES string of the molecule is COCC1(C(=O)Nc2nnc(Cc3ccc(C)cc3)s2)CCNCC1. The van der Waals surface area contributed by atoms with Crippen LogP contribution in [0, 0.1) is 12.3 Å². The minimum absolute atomic E-state index is 0.0196. The average Bonchev–Trinajstić information content (AvgIpc) is 3.05. The molecule has 0 bridgehead atoms. The van der Waals surface area contributed by atoms with Crippen LogP contribution in [0.2, 0.25) is 0 Å². The summed E-state index contributed by atoms with van der Waals surface area (Å²) in [6.07, 6.45) is 2.25. The van der Waals surface area contributed by atoms with Crippen LogP contribution in [0.3, 0.4) is 0 Å². The summed E-state index contributed by atoms with van der Waals surface area (Å²) in [5.74, 6) is -0.0196. The van der Waals surface area contributed by atoms with Crippen LogP contribution < -0.4 is 10.6 Å². The Bertz CT molecular complexity index is 703. The van der Waals surface area contributed by atoms with Crippen LogP contribution in [0.5, 0.6) is 0 Å². The molecular formula is C18H24N4O2S. The molecule has 2 N–H and O–H groups in total. The van der Waals surface area contributed by atoms with Gasteiger partial charge in [-0.05, 0) is 38.4 Å². The smallest absolute Gasteiger partial charge is 0.234 e. The molecule has 0 atom stereocenters. The van der Waals surface area contributed by atoms with Crippen LogP contribution in [0.4, 0.5) is 5.13 Å². The van der Waals surface area contributed by atoms with Gasteiger partial charge in [-0.3, -0.25) is 10.1 Å². The van der Waals surface area contributed by atoms with Crippen molar-refractivity contribution in [3.63, 3.8) is 0 Å². The minimum Gasteiger partial charge on any atom is -0.384 e. The van der Waals surface area contributed by atoms with Gasteiger partial charge in [0, 0.05) is 13.5 Å². The van der Waals surface area contributed by atoms with Gasteiger partial charge in [0.1, 0.15) is 5.01 Å². The highest BCUT2D eigenvalue weighted by molar-refractivity contribution is 7.15. The molecule has 1 saturated heterocycles. The molecule has 1 aromatic carbocycles. The second kappa shape index (κ2) is 8.03. The Balaban J connectivity index is 1.65. The molecule has 1 fully saturated rings. The molecular weight excluding hydrogens is 336 g/mol. The van der Waals surface area contributed by atoms with Crippen molar-refractivity contribution in [2.45, 2.75) is 26.2 Å². The zero-order valence-electron chi connectivity index (χ0n) is 14.7. The van der Waals surface area contributed by atoms with E-state index in [1.54, 1.807) is 7.11 Å². The van der Waals surface area contributed by atoms with Crippen LogP contribution in [0.25, 0.3) is 0 Å². The molecule has 0 unspecified atom stereocenters. The largest absolute Gasteiger partial charge is 0.384 e. The average molecular weight is 360 g/mol. The van der Waals surface area contributed by atoms with Gasteiger partial charge in [-0.1, -0.05) is 41.2 Å². The van der Waals surface area contributed by atoms with Gasteiger partial charge in [-0.2, -0.15) is 0 Å². The first kappa shape index (κ1) is 18.0. The third-order valence-corrected chi connectivity index (χ3v) is 5.46. The van der Waals surface area contributed by atoms with E-state index in [9.17, 15) is 4.79 Å². The molecule has 0 aliphatic carbocycles. The Kier molecular flexibility index (Phi) is 5.78. The maximum Gasteiger partial charge on any atom is 0.234 e. The molecule has 2 aromatic rings. The topological polar surface area (TPSA) is 76.1 Å². The molecule has 0 saturated carbocycles. The maximum absolute atomic E-state index is 12.8. The molecule has 1 aromatic heterocycles. The quantitative estimate of drug-likeness (QED) is 0.827. The number of carbonyl (C=O) groups is 1. The lowest BCUT2D eigenvalue weighted by Gasteiger charge is -2.35. The minimum atomic E-state index is -0.483. The fraction of sp³-hybridized carbons (Fsp3) is 0.500. The van der Waals surface area contributed by atoms with Crippen LogP contribution in [0.15, 0.2) is 24.3 Å². The zero-order chi connectivity index (χ0) is 17.7. The number of methoxy groups -OCH3 is 1. The molecule has 3 rings (SSSR count). The number of amides is 1. The van der Waals surface area contributed by atoms with Gasteiger partial charge in [-0.15, -0.1) is 10.2 Å². The van der Waals surface area contributed by atoms with E-state index in [1.165, 1.54) is 22.5 Å². The van der Waals surface area contributed by atoms with Crippen molar-refractivity contribution in [2.24, 2.45) is 5.41 Å². The van der Waals surface area contributed by atoms with Gasteiger partial charge in [0.05, 0.1) is 12.0 Å². The second-order valence-electron chi connectivity index (χ2n) is 6.58. The van der Waals surface area contributed by atoms with Gasteiger partial charge in [0.15, 0.2) is 0 Å². The van der Waals surface area contributed by atoms with Gasteiger partial charge in [-0.25, -0.2) is 0 Å². The number of benzene rings is 1. The Morgan fingerprint density at radius 3 is 2.68 bits per heavy atom. The number of ether oxygens (including phenoxy) is 1. The number of piperidine rings is 1. The fourth-order valence-corrected chi connectivity index (χ4v) is 3.87. The molecule has 134 valence electrons. The molecule has 1 aliphatic rings. The summed E-state index contributed by atoms with van der Waals surface area (Å²) in [6, 6.07) is 8.37. The highest BCUT2D eigenvalue weighted by Gasteiger charge is 2.40. The molecule has 7 heteroatoms. The monoisotopic (exact) mass is 360 g/mol. The Morgan fingerprint density at radius 1 is 1.28 bits per heavy atom. The number of hydrogen-bond donors (Lipinski definition) is 2. The van der Waals surface area contributed by atoms with Crippen LogP contribution >= 0.6 is 11.3 Å². The first-order valence-corrected chi connectivity index (χ1v) is 9.32. The first-order chi connectivity index (χ1) is 12.1. The van der Waals surface area contributed by atoms with Crippen molar-refractivity contribution in [1.29, 1.82) is 0 Å². The molecule has 25 heavy (non-hydrogen) atoms. The van der Waals surface area contributed by atoms with E-state index in [0.29, 0.717) is 11.7 Å². The first-order valence-electron chi connectivity index (χ1n) is 8.50. The lowest BCUT2D eigenvalue weighted by molar-refractivity contribution is -0.130. The number of carbonyl (C=O) groups excluding carboxylic acids is 1. The van der Waals surface area contributed by atoms with Crippen molar-refractivity contribution >= 4 is 22.4 Å². The Hall–Kier alpha value is -1.83. The van der Waals surface area contributed by atoms with Crippen LogP contribution in [0.1, 0.15) is 29.0 Å². The number of rotatable bonds is 6. The summed E-state index contributed by atoms with van der Waals surface area (Å²) in [7, 11) is 1.64.